The molecule has 3 rings (SSSR count). The quantitative estimate of drug-likeness (QED) is 0.709. The number of benzene rings is 2. The Balaban J connectivity index is 1.84. The van der Waals surface area contributed by atoms with E-state index in [0.717, 1.165) is 5.56 Å². The van der Waals surface area contributed by atoms with Crippen molar-refractivity contribution in [2.75, 3.05) is 0 Å². The van der Waals surface area contributed by atoms with Crippen LogP contribution in [0, 0.1) is 5.82 Å². The number of aromatic nitrogens is 1. The number of carbonyl (C=O) groups excluding carboxylic acids is 1. The summed E-state index contributed by atoms with van der Waals surface area (Å²) < 4.78 is 13.9. The zero-order valence-corrected chi connectivity index (χ0v) is 15.5. The van der Waals surface area contributed by atoms with Gasteiger partial charge in [0.05, 0.1) is 17.1 Å². The first-order valence-corrected chi connectivity index (χ1v) is 8.71. The Morgan fingerprint density at radius 3 is 2.46 bits per heavy atom. The maximum atomic E-state index is 13.9. The van der Waals surface area contributed by atoms with Crippen LogP contribution in [-0.4, -0.2) is 10.9 Å². The third-order valence-corrected chi connectivity index (χ3v) is 4.54. The van der Waals surface area contributed by atoms with Gasteiger partial charge < -0.3 is 5.32 Å². The second-order valence-electron chi connectivity index (χ2n) is 7.60. The molecule has 0 spiro atoms. The second kappa shape index (κ2) is 6.87. The summed E-state index contributed by atoms with van der Waals surface area (Å²) in [6.45, 7) is 8.40. The Labute approximate surface area is 153 Å². The Morgan fingerprint density at radius 2 is 1.81 bits per heavy atom. The minimum absolute atomic E-state index is 0.0805. The van der Waals surface area contributed by atoms with Crippen LogP contribution in [0.15, 0.2) is 54.7 Å². The number of nitrogens with zero attached hydrogens (tertiary/aromatic N) is 1. The van der Waals surface area contributed by atoms with Crippen LogP contribution in [0.1, 0.15) is 55.2 Å². The zero-order chi connectivity index (χ0) is 18.9. The molecule has 0 radical (unpaired) electrons. The minimum atomic E-state index is -0.446. The van der Waals surface area contributed by atoms with Gasteiger partial charge in [0.1, 0.15) is 5.82 Å². The van der Waals surface area contributed by atoms with E-state index in [9.17, 15) is 9.18 Å². The lowest BCUT2D eigenvalue weighted by molar-refractivity contribution is 0.0941. The molecular formula is C22H23FN2O. The third kappa shape index (κ3) is 3.74. The van der Waals surface area contributed by atoms with Crippen molar-refractivity contribution in [1.82, 2.24) is 10.3 Å². The van der Waals surface area contributed by atoms with Crippen molar-refractivity contribution in [2.45, 2.75) is 39.2 Å². The summed E-state index contributed by atoms with van der Waals surface area (Å²) in [7, 11) is 0. The number of pyridine rings is 1. The Morgan fingerprint density at radius 1 is 1.12 bits per heavy atom. The summed E-state index contributed by atoms with van der Waals surface area (Å²) in [5.41, 5.74) is 3.07. The number of carbonyl (C=O) groups is 1. The predicted octanol–water partition coefficient (Wildman–Crippen LogP) is 5.16. The van der Waals surface area contributed by atoms with Gasteiger partial charge in [-0.15, -0.1) is 0 Å². The second-order valence-corrected chi connectivity index (χ2v) is 7.60. The van der Waals surface area contributed by atoms with E-state index < -0.39 is 5.82 Å². The van der Waals surface area contributed by atoms with E-state index in [4.69, 9.17) is 0 Å². The maximum Gasteiger partial charge on any atom is 0.254 e. The fourth-order valence-electron chi connectivity index (χ4n) is 2.96. The molecule has 1 unspecified atom stereocenters. The van der Waals surface area contributed by atoms with Gasteiger partial charge in [0, 0.05) is 11.6 Å². The maximum absolute atomic E-state index is 13.9. The Bertz CT molecular complexity index is 943. The molecule has 1 N–H and O–H groups in total. The van der Waals surface area contributed by atoms with E-state index in [1.165, 1.54) is 17.7 Å². The molecule has 0 aliphatic carbocycles. The van der Waals surface area contributed by atoms with Crippen molar-refractivity contribution < 1.29 is 9.18 Å². The summed E-state index contributed by atoms with van der Waals surface area (Å²) in [5, 5.41) is 3.56. The van der Waals surface area contributed by atoms with Crippen molar-refractivity contribution >= 4 is 16.8 Å². The zero-order valence-electron chi connectivity index (χ0n) is 15.5. The standard InChI is InChI=1S/C22H23FN2O/c1-14(15-7-9-17(10-8-15)22(2,3)4)25-21(26)19-13-18(23)12-16-6-5-11-24-20(16)19/h5-14H,1-4H3,(H,25,26). The highest BCUT2D eigenvalue weighted by Gasteiger charge is 2.17. The molecular weight excluding hydrogens is 327 g/mol. The lowest BCUT2D eigenvalue weighted by Gasteiger charge is -2.21. The number of hydrogen-bond donors (Lipinski definition) is 1. The largest absolute Gasteiger partial charge is 0.345 e. The third-order valence-electron chi connectivity index (χ3n) is 4.54. The van der Waals surface area contributed by atoms with Crippen LogP contribution in [0.25, 0.3) is 10.9 Å². The van der Waals surface area contributed by atoms with Gasteiger partial charge in [-0.25, -0.2) is 4.39 Å². The summed E-state index contributed by atoms with van der Waals surface area (Å²) >= 11 is 0. The van der Waals surface area contributed by atoms with Crippen molar-refractivity contribution in [3.63, 3.8) is 0 Å². The molecule has 0 saturated heterocycles. The van der Waals surface area contributed by atoms with Crippen molar-refractivity contribution in [2.24, 2.45) is 0 Å². The van der Waals surface area contributed by atoms with Crippen LogP contribution in [0.2, 0.25) is 0 Å². The molecule has 2 aromatic carbocycles. The topological polar surface area (TPSA) is 42.0 Å². The van der Waals surface area contributed by atoms with E-state index in [0.29, 0.717) is 10.9 Å². The highest BCUT2D eigenvalue weighted by molar-refractivity contribution is 6.05. The van der Waals surface area contributed by atoms with Gasteiger partial charge in [-0.2, -0.15) is 0 Å². The van der Waals surface area contributed by atoms with Crippen molar-refractivity contribution in [3.05, 3.63) is 77.2 Å². The number of fused-ring (bicyclic) bond motifs is 1. The van der Waals surface area contributed by atoms with Gasteiger partial charge in [-0.05, 0) is 41.7 Å². The monoisotopic (exact) mass is 350 g/mol. The van der Waals surface area contributed by atoms with E-state index in [1.54, 1.807) is 18.3 Å². The first-order chi connectivity index (χ1) is 12.3. The van der Waals surface area contributed by atoms with Crippen LogP contribution >= 0.6 is 0 Å². The number of rotatable bonds is 3. The molecule has 1 amide bonds. The smallest absolute Gasteiger partial charge is 0.254 e. The predicted molar refractivity (Wildman–Crippen MR) is 103 cm³/mol. The molecule has 0 aliphatic heterocycles. The van der Waals surface area contributed by atoms with Gasteiger partial charge in [-0.1, -0.05) is 51.1 Å². The SMILES string of the molecule is CC(NC(=O)c1cc(F)cc2cccnc12)c1ccc(C(C)(C)C)cc1. The van der Waals surface area contributed by atoms with Gasteiger partial charge in [0.25, 0.3) is 5.91 Å². The van der Waals surface area contributed by atoms with Gasteiger partial charge in [0.2, 0.25) is 0 Å². The van der Waals surface area contributed by atoms with Gasteiger partial charge in [-0.3, -0.25) is 9.78 Å². The van der Waals surface area contributed by atoms with Gasteiger partial charge in [0.15, 0.2) is 0 Å². The number of halogens is 1. The molecule has 0 fully saturated rings. The summed E-state index contributed by atoms with van der Waals surface area (Å²) in [4.78, 5) is 16.9. The van der Waals surface area contributed by atoms with Crippen LogP contribution in [0.4, 0.5) is 4.39 Å². The highest BCUT2D eigenvalue weighted by atomic mass is 19.1. The lowest BCUT2D eigenvalue weighted by atomic mass is 9.86. The normalized spacial score (nSPS) is 12.8. The average Bonchev–Trinajstić information content (AvgIpc) is 2.60. The van der Waals surface area contributed by atoms with Crippen molar-refractivity contribution in [3.8, 4) is 0 Å². The molecule has 0 saturated carbocycles. The van der Waals surface area contributed by atoms with E-state index >= 15 is 0 Å². The van der Waals surface area contributed by atoms with Gasteiger partial charge >= 0.3 is 0 Å². The molecule has 0 aliphatic rings. The van der Waals surface area contributed by atoms with E-state index in [-0.39, 0.29) is 22.9 Å². The van der Waals surface area contributed by atoms with Crippen LogP contribution in [0.5, 0.6) is 0 Å². The first-order valence-electron chi connectivity index (χ1n) is 8.71. The molecule has 1 aromatic heterocycles. The molecule has 4 heteroatoms. The van der Waals surface area contributed by atoms with Crippen molar-refractivity contribution in [1.29, 1.82) is 0 Å². The van der Waals surface area contributed by atoms with Crippen LogP contribution in [-0.2, 0) is 5.41 Å². The molecule has 3 nitrogen and oxygen atoms in total. The Hall–Kier alpha value is -2.75. The first kappa shape index (κ1) is 18.1. The summed E-state index contributed by atoms with van der Waals surface area (Å²) in [6.07, 6.45) is 1.60. The fourth-order valence-corrected chi connectivity index (χ4v) is 2.96. The molecule has 3 aromatic rings. The number of amides is 1. The summed E-state index contributed by atoms with van der Waals surface area (Å²) in [6, 6.07) is 14.1. The van der Waals surface area contributed by atoms with E-state index in [1.807, 2.05) is 19.1 Å². The molecule has 26 heavy (non-hydrogen) atoms. The van der Waals surface area contributed by atoms with E-state index in [2.05, 4.69) is 43.2 Å². The fraction of sp³-hybridized carbons (Fsp3) is 0.273. The van der Waals surface area contributed by atoms with Crippen LogP contribution < -0.4 is 5.32 Å². The molecule has 134 valence electrons. The molecule has 0 bridgehead atoms. The Kier molecular flexibility index (Phi) is 4.77. The highest BCUT2D eigenvalue weighted by Crippen LogP contribution is 2.24. The molecule has 1 heterocycles. The molecule has 1 atom stereocenters. The average molecular weight is 350 g/mol. The lowest BCUT2D eigenvalue weighted by Crippen LogP contribution is -2.27. The minimum Gasteiger partial charge on any atom is -0.345 e. The summed E-state index contributed by atoms with van der Waals surface area (Å²) in [5.74, 6) is -0.779. The number of hydrogen-bond acceptors (Lipinski definition) is 2. The van der Waals surface area contributed by atoms with Crippen LogP contribution in [0.3, 0.4) is 0 Å². The number of nitrogens with one attached hydrogen (secondary N) is 1.